The number of benzene rings is 1. The number of aromatic nitrogens is 1. The standard InChI is InChI=1S/C23H28N2O4S/c1-2-3-4-7-20(26)16-9-11-18(12-10-16)25-17(13-14-22(25)27)6-5-8-21-24-19(15-30-21)23(28)29/h5,8-12,15,17,20,26H,2-4,6-7,13-14H2,1H3,(H,28,29)/b8-5+/t17-,20+/m0/s1. The number of rotatable bonds is 10. The highest BCUT2D eigenvalue weighted by molar-refractivity contribution is 7.10. The Bertz CT molecular complexity index is 891. The largest absolute Gasteiger partial charge is 0.476 e. The second kappa shape index (κ2) is 10.5. The summed E-state index contributed by atoms with van der Waals surface area (Å²) < 4.78 is 0. The van der Waals surface area contributed by atoms with Gasteiger partial charge in [0.1, 0.15) is 5.01 Å². The lowest BCUT2D eigenvalue weighted by molar-refractivity contribution is -0.117. The molecule has 2 N–H and O–H groups in total. The molecule has 3 rings (SSSR count). The van der Waals surface area contributed by atoms with Gasteiger partial charge in [0.05, 0.1) is 6.10 Å². The summed E-state index contributed by atoms with van der Waals surface area (Å²) in [6, 6.07) is 7.71. The van der Waals surface area contributed by atoms with E-state index in [0.717, 1.165) is 43.4 Å². The molecule has 160 valence electrons. The quantitative estimate of drug-likeness (QED) is 0.517. The third-order valence-corrected chi connectivity index (χ3v) is 6.18. The zero-order valence-electron chi connectivity index (χ0n) is 17.2. The van der Waals surface area contributed by atoms with Gasteiger partial charge in [-0.2, -0.15) is 0 Å². The molecule has 0 radical (unpaired) electrons. The van der Waals surface area contributed by atoms with Crippen molar-refractivity contribution in [1.29, 1.82) is 0 Å². The third-order valence-electron chi connectivity index (χ3n) is 5.37. The van der Waals surface area contributed by atoms with Crippen molar-refractivity contribution in [3.8, 4) is 0 Å². The minimum Gasteiger partial charge on any atom is -0.476 e. The van der Waals surface area contributed by atoms with Gasteiger partial charge in [-0.1, -0.05) is 44.4 Å². The minimum atomic E-state index is -1.03. The number of carboxylic acid groups (broad SMARTS) is 1. The lowest BCUT2D eigenvalue weighted by atomic mass is 10.0. The number of anilines is 1. The van der Waals surface area contributed by atoms with Crippen LogP contribution in [0.1, 0.15) is 79.0 Å². The molecule has 7 heteroatoms. The summed E-state index contributed by atoms with van der Waals surface area (Å²) in [6.45, 7) is 2.14. The number of aliphatic hydroxyl groups excluding tert-OH is 1. The summed E-state index contributed by atoms with van der Waals surface area (Å²) in [7, 11) is 0. The van der Waals surface area contributed by atoms with Gasteiger partial charge in [-0.15, -0.1) is 11.3 Å². The SMILES string of the molecule is CCCCC[C@@H](O)c1ccc(N2C(=O)CC[C@@H]2C/C=C/c2nc(C(=O)O)cs2)cc1. The molecule has 2 heterocycles. The first-order chi connectivity index (χ1) is 14.5. The lowest BCUT2D eigenvalue weighted by Crippen LogP contribution is -2.32. The van der Waals surface area contributed by atoms with Crippen LogP contribution in [0.25, 0.3) is 6.08 Å². The molecule has 1 fully saturated rings. The van der Waals surface area contributed by atoms with Gasteiger partial charge in [-0.25, -0.2) is 9.78 Å². The lowest BCUT2D eigenvalue weighted by Gasteiger charge is -2.24. The normalized spacial score (nSPS) is 17.7. The summed E-state index contributed by atoms with van der Waals surface area (Å²) in [5.74, 6) is -0.926. The van der Waals surface area contributed by atoms with E-state index in [-0.39, 0.29) is 17.6 Å². The monoisotopic (exact) mass is 428 g/mol. The summed E-state index contributed by atoms with van der Waals surface area (Å²) in [4.78, 5) is 29.3. The van der Waals surface area contributed by atoms with E-state index in [9.17, 15) is 14.7 Å². The van der Waals surface area contributed by atoms with E-state index in [0.29, 0.717) is 17.8 Å². The maximum absolute atomic E-state index is 12.5. The number of nitrogens with zero attached hydrogens (tertiary/aromatic N) is 2. The van der Waals surface area contributed by atoms with Crippen molar-refractivity contribution < 1.29 is 19.8 Å². The molecule has 2 atom stereocenters. The number of carbonyl (C=O) groups is 2. The molecule has 1 aliphatic rings. The van der Waals surface area contributed by atoms with Crippen molar-refractivity contribution in [2.45, 2.75) is 64.0 Å². The molecule has 0 unspecified atom stereocenters. The van der Waals surface area contributed by atoms with E-state index in [1.165, 1.54) is 16.7 Å². The molecule has 2 aromatic rings. The Hall–Kier alpha value is -2.51. The van der Waals surface area contributed by atoms with E-state index >= 15 is 0 Å². The molecular formula is C23H28N2O4S. The zero-order chi connectivity index (χ0) is 21.5. The van der Waals surface area contributed by atoms with Crippen LogP contribution >= 0.6 is 11.3 Å². The topological polar surface area (TPSA) is 90.7 Å². The Balaban J connectivity index is 1.62. The fraction of sp³-hybridized carbons (Fsp3) is 0.435. The number of thiazole rings is 1. The number of carboxylic acids is 1. The highest BCUT2D eigenvalue weighted by atomic mass is 32.1. The Morgan fingerprint density at radius 2 is 2.10 bits per heavy atom. The van der Waals surface area contributed by atoms with Crippen LogP contribution in [0.15, 0.2) is 35.7 Å². The van der Waals surface area contributed by atoms with Crippen molar-refractivity contribution >= 4 is 35.0 Å². The van der Waals surface area contributed by atoms with Crippen LogP contribution in [-0.2, 0) is 4.79 Å². The smallest absolute Gasteiger partial charge is 0.355 e. The Kier molecular flexibility index (Phi) is 7.76. The van der Waals surface area contributed by atoms with E-state index in [4.69, 9.17) is 5.11 Å². The molecule has 0 aliphatic carbocycles. The summed E-state index contributed by atoms with van der Waals surface area (Å²) in [5, 5.41) is 21.5. The predicted molar refractivity (Wildman–Crippen MR) is 119 cm³/mol. The molecule has 1 saturated heterocycles. The molecule has 1 amide bonds. The van der Waals surface area contributed by atoms with E-state index < -0.39 is 12.1 Å². The van der Waals surface area contributed by atoms with Crippen LogP contribution in [0, 0.1) is 0 Å². The average molecular weight is 429 g/mol. The molecule has 1 aromatic heterocycles. The van der Waals surface area contributed by atoms with Gasteiger partial charge in [-0.05, 0) is 43.0 Å². The van der Waals surface area contributed by atoms with Gasteiger partial charge in [-0.3, -0.25) is 4.79 Å². The fourth-order valence-corrected chi connectivity index (χ4v) is 4.43. The van der Waals surface area contributed by atoms with Crippen molar-refractivity contribution in [3.63, 3.8) is 0 Å². The first-order valence-corrected chi connectivity index (χ1v) is 11.3. The van der Waals surface area contributed by atoms with Gasteiger partial charge in [0, 0.05) is 23.5 Å². The highest BCUT2D eigenvalue weighted by Gasteiger charge is 2.31. The molecule has 1 aromatic carbocycles. The minimum absolute atomic E-state index is 0.0503. The number of unbranched alkanes of at least 4 members (excludes halogenated alkanes) is 2. The summed E-state index contributed by atoms with van der Waals surface area (Å²) >= 11 is 1.29. The maximum atomic E-state index is 12.5. The number of carbonyl (C=O) groups excluding carboxylic acids is 1. The van der Waals surface area contributed by atoms with Crippen LogP contribution in [0.2, 0.25) is 0 Å². The number of hydrogen-bond acceptors (Lipinski definition) is 5. The third kappa shape index (κ3) is 5.55. The fourth-order valence-electron chi connectivity index (χ4n) is 3.72. The van der Waals surface area contributed by atoms with E-state index in [1.54, 1.807) is 0 Å². The van der Waals surface area contributed by atoms with Gasteiger partial charge in [0.15, 0.2) is 5.69 Å². The van der Waals surface area contributed by atoms with Crippen molar-refractivity contribution in [3.05, 3.63) is 52.0 Å². The molecule has 0 bridgehead atoms. The summed E-state index contributed by atoms with van der Waals surface area (Å²) in [5.41, 5.74) is 1.79. The average Bonchev–Trinajstić information content (AvgIpc) is 3.35. The molecule has 1 aliphatic heterocycles. The van der Waals surface area contributed by atoms with Crippen LogP contribution in [0.4, 0.5) is 5.69 Å². The van der Waals surface area contributed by atoms with Crippen LogP contribution in [0.5, 0.6) is 0 Å². The Morgan fingerprint density at radius 1 is 1.33 bits per heavy atom. The van der Waals surface area contributed by atoms with Gasteiger partial charge < -0.3 is 15.1 Å². The molecule has 0 spiro atoms. The Labute approximate surface area is 180 Å². The second-order valence-corrected chi connectivity index (χ2v) is 8.46. The van der Waals surface area contributed by atoms with E-state index in [1.807, 2.05) is 41.3 Å². The molecular weight excluding hydrogens is 400 g/mol. The maximum Gasteiger partial charge on any atom is 0.355 e. The number of aliphatic hydroxyl groups is 1. The zero-order valence-corrected chi connectivity index (χ0v) is 18.0. The van der Waals surface area contributed by atoms with Crippen molar-refractivity contribution in [1.82, 2.24) is 4.98 Å². The molecule has 6 nitrogen and oxygen atoms in total. The van der Waals surface area contributed by atoms with Gasteiger partial charge in [0.25, 0.3) is 0 Å². The van der Waals surface area contributed by atoms with Gasteiger partial charge >= 0.3 is 5.97 Å². The van der Waals surface area contributed by atoms with Crippen LogP contribution in [0.3, 0.4) is 0 Å². The van der Waals surface area contributed by atoms with E-state index in [2.05, 4.69) is 11.9 Å². The van der Waals surface area contributed by atoms with Crippen LogP contribution in [-0.4, -0.2) is 33.1 Å². The second-order valence-electron chi connectivity index (χ2n) is 7.57. The number of aromatic carboxylic acids is 1. The predicted octanol–water partition coefficient (Wildman–Crippen LogP) is 5.05. The summed E-state index contributed by atoms with van der Waals surface area (Å²) in [6.07, 6.45) is 9.27. The number of hydrogen-bond donors (Lipinski definition) is 2. The Morgan fingerprint density at radius 3 is 2.77 bits per heavy atom. The van der Waals surface area contributed by atoms with Crippen LogP contribution < -0.4 is 4.90 Å². The first-order valence-electron chi connectivity index (χ1n) is 10.4. The van der Waals surface area contributed by atoms with Gasteiger partial charge in [0.2, 0.25) is 5.91 Å². The molecule has 0 saturated carbocycles. The van der Waals surface area contributed by atoms with Crippen molar-refractivity contribution in [2.75, 3.05) is 4.90 Å². The highest BCUT2D eigenvalue weighted by Crippen LogP contribution is 2.30. The first kappa shape index (κ1) is 22.2. The molecule has 30 heavy (non-hydrogen) atoms. The van der Waals surface area contributed by atoms with Crippen molar-refractivity contribution in [2.24, 2.45) is 0 Å². The number of amides is 1.